The van der Waals surface area contributed by atoms with Gasteiger partial charge in [-0.25, -0.2) is 13.8 Å². The lowest BCUT2D eigenvalue weighted by atomic mass is 10.1. The molecule has 0 bridgehead atoms. The van der Waals surface area contributed by atoms with Gasteiger partial charge in [0.05, 0.1) is 18.7 Å². The molecule has 3 nitrogen and oxygen atoms in total. The summed E-state index contributed by atoms with van der Waals surface area (Å²) in [4.78, 5) is 3.90. The normalized spacial score (nSPS) is 12.9. The Labute approximate surface area is 80.9 Å². The molecule has 1 heterocycles. The molecule has 1 atom stereocenters. The molecule has 0 spiro atoms. The van der Waals surface area contributed by atoms with E-state index in [2.05, 4.69) is 4.98 Å². The summed E-state index contributed by atoms with van der Waals surface area (Å²) in [5.74, 6) is -0.702. The van der Waals surface area contributed by atoms with Crippen LogP contribution in [0.1, 0.15) is 11.6 Å². The number of ether oxygens (including phenoxy) is 1. The van der Waals surface area contributed by atoms with E-state index in [9.17, 15) is 8.78 Å². The number of aromatic nitrogens is 1. The Balaban J connectivity index is 2.92. The van der Waals surface area contributed by atoms with Gasteiger partial charge in [-0.1, -0.05) is 6.07 Å². The highest BCUT2D eigenvalue weighted by atomic mass is 19.3. The number of nitrogens with zero attached hydrogens (tertiary/aromatic N) is 1. The fourth-order valence-corrected chi connectivity index (χ4v) is 1.10. The highest BCUT2D eigenvalue weighted by molar-refractivity contribution is 5.19. The van der Waals surface area contributed by atoms with E-state index in [1.165, 1.54) is 13.2 Å². The van der Waals surface area contributed by atoms with Gasteiger partial charge >= 0.3 is 0 Å². The number of hydrogen-bond donors (Lipinski definition) is 1. The molecule has 1 aromatic rings. The van der Waals surface area contributed by atoms with E-state index in [1.54, 1.807) is 12.1 Å². The van der Waals surface area contributed by atoms with Crippen LogP contribution in [0, 0.1) is 0 Å². The lowest BCUT2D eigenvalue weighted by Gasteiger charge is -2.13. The van der Waals surface area contributed by atoms with Crippen LogP contribution in [0.15, 0.2) is 18.2 Å². The van der Waals surface area contributed by atoms with Crippen molar-refractivity contribution in [3.05, 3.63) is 23.9 Å². The van der Waals surface area contributed by atoms with E-state index in [-0.39, 0.29) is 12.2 Å². The Morgan fingerprint density at radius 2 is 2.21 bits per heavy atom. The molecule has 0 aliphatic carbocycles. The second-order valence-electron chi connectivity index (χ2n) is 2.78. The number of methoxy groups -OCH3 is 1. The first-order valence-corrected chi connectivity index (χ1v) is 4.18. The van der Waals surface area contributed by atoms with Crippen LogP contribution >= 0.6 is 0 Å². The van der Waals surface area contributed by atoms with Crippen molar-refractivity contribution in [1.82, 2.24) is 4.98 Å². The second kappa shape index (κ2) is 4.85. The Kier molecular flexibility index (Phi) is 3.76. The molecule has 1 aromatic heterocycles. The third-order valence-electron chi connectivity index (χ3n) is 1.89. The molecular weight excluding hydrogens is 190 g/mol. The van der Waals surface area contributed by atoms with Crippen molar-refractivity contribution in [2.75, 3.05) is 13.7 Å². The molecule has 1 rings (SSSR count). The molecule has 5 heteroatoms. The Morgan fingerprint density at radius 3 is 2.71 bits per heavy atom. The predicted molar refractivity (Wildman–Crippen MR) is 48.6 cm³/mol. The molecule has 1 unspecified atom stereocenters. The summed E-state index contributed by atoms with van der Waals surface area (Å²) in [7, 11) is 1.44. The lowest BCUT2D eigenvalue weighted by molar-refractivity contribution is 0.115. The number of nitrogens with two attached hydrogens (primary N) is 1. The zero-order chi connectivity index (χ0) is 10.6. The predicted octanol–water partition coefficient (Wildman–Crippen LogP) is 1.40. The number of pyridine rings is 1. The number of halogens is 2. The molecule has 0 fully saturated rings. The summed E-state index contributed by atoms with van der Waals surface area (Å²) in [6, 6.07) is 4.74. The summed E-state index contributed by atoms with van der Waals surface area (Å²) in [6.07, 6.45) is -2.50. The van der Waals surface area contributed by atoms with Crippen molar-refractivity contribution in [3.63, 3.8) is 0 Å². The fourth-order valence-electron chi connectivity index (χ4n) is 1.10. The molecule has 2 N–H and O–H groups in total. The lowest BCUT2D eigenvalue weighted by Crippen LogP contribution is -2.20. The van der Waals surface area contributed by atoms with Gasteiger partial charge in [-0.15, -0.1) is 0 Å². The zero-order valence-electron chi connectivity index (χ0n) is 7.78. The Hall–Kier alpha value is -1.23. The van der Waals surface area contributed by atoms with E-state index < -0.39 is 12.3 Å². The first-order valence-electron chi connectivity index (χ1n) is 4.18. The van der Waals surface area contributed by atoms with Crippen molar-refractivity contribution >= 4 is 0 Å². The highest BCUT2D eigenvalue weighted by Crippen LogP contribution is 2.21. The first-order chi connectivity index (χ1) is 6.69. The van der Waals surface area contributed by atoms with Crippen LogP contribution < -0.4 is 10.5 Å². The summed E-state index contributed by atoms with van der Waals surface area (Å²) in [5.41, 5.74) is 5.50. The quantitative estimate of drug-likeness (QED) is 0.802. The summed E-state index contributed by atoms with van der Waals surface area (Å²) in [6.45, 7) is -0.127. The maximum absolute atomic E-state index is 12.5. The molecule has 0 saturated carbocycles. The van der Waals surface area contributed by atoms with E-state index in [0.717, 1.165) is 0 Å². The molecule has 78 valence electrons. The average molecular weight is 202 g/mol. The molecule has 14 heavy (non-hydrogen) atoms. The van der Waals surface area contributed by atoms with Gasteiger partial charge in [0, 0.05) is 12.6 Å². The van der Waals surface area contributed by atoms with Crippen LogP contribution in [-0.4, -0.2) is 25.1 Å². The van der Waals surface area contributed by atoms with Crippen LogP contribution in [0.5, 0.6) is 5.88 Å². The summed E-state index contributed by atoms with van der Waals surface area (Å²) < 4.78 is 29.8. The molecule has 0 aromatic carbocycles. The maximum Gasteiger partial charge on any atom is 0.248 e. The molecular formula is C9H12F2N2O. The maximum atomic E-state index is 12.5. The topological polar surface area (TPSA) is 48.1 Å². The zero-order valence-corrected chi connectivity index (χ0v) is 7.78. The molecule has 0 amide bonds. The van der Waals surface area contributed by atoms with Gasteiger partial charge < -0.3 is 10.5 Å². The SMILES string of the molecule is COc1cccc(C(CN)C(F)F)n1. The van der Waals surface area contributed by atoms with Gasteiger partial charge in [-0.05, 0) is 6.07 Å². The number of rotatable bonds is 4. The van der Waals surface area contributed by atoms with E-state index in [4.69, 9.17) is 10.5 Å². The largest absolute Gasteiger partial charge is 0.481 e. The van der Waals surface area contributed by atoms with Gasteiger partial charge in [0.1, 0.15) is 0 Å². The summed E-state index contributed by atoms with van der Waals surface area (Å²) >= 11 is 0. The van der Waals surface area contributed by atoms with Gasteiger partial charge in [-0.2, -0.15) is 0 Å². The number of hydrogen-bond acceptors (Lipinski definition) is 3. The van der Waals surface area contributed by atoms with Crippen LogP contribution in [0.3, 0.4) is 0 Å². The van der Waals surface area contributed by atoms with Crippen molar-refractivity contribution in [1.29, 1.82) is 0 Å². The van der Waals surface area contributed by atoms with E-state index in [0.29, 0.717) is 5.88 Å². The minimum Gasteiger partial charge on any atom is -0.481 e. The van der Waals surface area contributed by atoms with Crippen molar-refractivity contribution < 1.29 is 13.5 Å². The fraction of sp³-hybridized carbons (Fsp3) is 0.444. The Morgan fingerprint density at radius 1 is 1.50 bits per heavy atom. The van der Waals surface area contributed by atoms with Crippen LogP contribution in [-0.2, 0) is 0 Å². The summed E-state index contributed by atoms with van der Waals surface area (Å²) in [5, 5.41) is 0. The third kappa shape index (κ3) is 2.38. The van der Waals surface area contributed by atoms with Crippen LogP contribution in [0.4, 0.5) is 8.78 Å². The van der Waals surface area contributed by atoms with Gasteiger partial charge in [-0.3, -0.25) is 0 Å². The minimum atomic E-state index is -2.50. The van der Waals surface area contributed by atoms with Gasteiger partial charge in [0.15, 0.2) is 0 Å². The average Bonchev–Trinajstić information content (AvgIpc) is 2.19. The standard InChI is InChI=1S/C9H12F2N2O/c1-14-8-4-2-3-7(13-8)6(5-12)9(10)11/h2-4,6,9H,5,12H2,1H3. The van der Waals surface area contributed by atoms with Crippen LogP contribution in [0.2, 0.25) is 0 Å². The second-order valence-corrected chi connectivity index (χ2v) is 2.78. The number of alkyl halides is 2. The van der Waals surface area contributed by atoms with Crippen molar-refractivity contribution in [2.45, 2.75) is 12.3 Å². The monoisotopic (exact) mass is 202 g/mol. The van der Waals surface area contributed by atoms with Crippen molar-refractivity contribution in [3.8, 4) is 5.88 Å². The molecule has 0 saturated heterocycles. The van der Waals surface area contributed by atoms with E-state index >= 15 is 0 Å². The minimum absolute atomic E-state index is 0.127. The van der Waals surface area contributed by atoms with Crippen LogP contribution in [0.25, 0.3) is 0 Å². The third-order valence-corrected chi connectivity index (χ3v) is 1.89. The molecule has 0 radical (unpaired) electrons. The highest BCUT2D eigenvalue weighted by Gasteiger charge is 2.22. The smallest absolute Gasteiger partial charge is 0.248 e. The van der Waals surface area contributed by atoms with Crippen molar-refractivity contribution in [2.24, 2.45) is 5.73 Å². The Bertz CT molecular complexity index is 294. The molecule has 0 aliphatic heterocycles. The van der Waals surface area contributed by atoms with E-state index in [1.807, 2.05) is 0 Å². The van der Waals surface area contributed by atoms with Gasteiger partial charge in [0.2, 0.25) is 12.3 Å². The first kappa shape index (κ1) is 10.8. The molecule has 0 aliphatic rings. The van der Waals surface area contributed by atoms with Gasteiger partial charge in [0.25, 0.3) is 0 Å².